The second kappa shape index (κ2) is 3.41. The van der Waals surface area contributed by atoms with Gasteiger partial charge in [-0.25, -0.2) is 8.78 Å². The third-order valence-corrected chi connectivity index (χ3v) is 1.80. The number of H-pyrrole nitrogens is 1. The van der Waals surface area contributed by atoms with E-state index in [1.54, 1.807) is 0 Å². The van der Waals surface area contributed by atoms with Crippen LogP contribution in [-0.2, 0) is 0 Å². The fourth-order valence-electron chi connectivity index (χ4n) is 0.689. The third kappa shape index (κ3) is 1.76. The summed E-state index contributed by atoms with van der Waals surface area (Å²) in [7, 11) is 0. The summed E-state index contributed by atoms with van der Waals surface area (Å²) < 4.78 is 24.2. The zero-order valence-electron chi connectivity index (χ0n) is 5.57. The minimum atomic E-state index is -2.79. The molecule has 1 N–H and O–H groups in total. The second-order valence-corrected chi connectivity index (χ2v) is 2.80. The molecule has 0 fully saturated rings. The van der Waals surface area contributed by atoms with Gasteiger partial charge in [0, 0.05) is 5.56 Å². The van der Waals surface area contributed by atoms with Crippen LogP contribution in [0.15, 0.2) is 10.9 Å². The summed E-state index contributed by atoms with van der Waals surface area (Å²) in [5, 5.41) is -0.672. The van der Waals surface area contributed by atoms with Gasteiger partial charge in [-0.2, -0.15) is 0 Å². The minimum absolute atomic E-state index is 0.153. The molecule has 0 radical (unpaired) electrons. The Hall–Kier alpha value is -0.610. The molecule has 66 valence electrons. The summed E-state index contributed by atoms with van der Waals surface area (Å²) in [4.78, 5) is 12.8. The van der Waals surface area contributed by atoms with E-state index >= 15 is 0 Å². The van der Waals surface area contributed by atoms with E-state index in [1.165, 1.54) is 0 Å². The molecular weight excluding hydrogens is 211 g/mol. The van der Waals surface area contributed by atoms with Gasteiger partial charge in [-0.15, -0.1) is 0 Å². The van der Waals surface area contributed by atoms with Crippen molar-refractivity contribution in [3.05, 3.63) is 32.2 Å². The van der Waals surface area contributed by atoms with Crippen LogP contribution < -0.4 is 5.56 Å². The summed E-state index contributed by atoms with van der Waals surface area (Å²) in [5.74, 6) is 0. The molecule has 12 heavy (non-hydrogen) atoms. The Kier molecular flexibility index (Phi) is 2.69. The number of alkyl halides is 2. The summed E-state index contributed by atoms with van der Waals surface area (Å²) in [6.45, 7) is 0. The molecular formula is C6H3Cl2F2NO. The molecule has 0 spiro atoms. The monoisotopic (exact) mass is 213 g/mol. The maximum Gasteiger partial charge on any atom is 0.268 e. The van der Waals surface area contributed by atoms with Gasteiger partial charge < -0.3 is 4.98 Å². The van der Waals surface area contributed by atoms with Gasteiger partial charge in [0.15, 0.2) is 0 Å². The highest BCUT2D eigenvalue weighted by molar-refractivity contribution is 6.32. The van der Waals surface area contributed by atoms with Crippen LogP contribution in [0.5, 0.6) is 0 Å². The molecule has 0 bridgehead atoms. The minimum Gasteiger partial charge on any atom is -0.312 e. The molecule has 0 aliphatic carbocycles. The van der Waals surface area contributed by atoms with Crippen LogP contribution >= 0.6 is 23.2 Å². The molecule has 0 aliphatic heterocycles. The Morgan fingerprint density at radius 1 is 1.42 bits per heavy atom. The zero-order valence-corrected chi connectivity index (χ0v) is 7.09. The molecule has 0 aromatic carbocycles. The first-order chi connectivity index (χ1) is 5.52. The van der Waals surface area contributed by atoms with E-state index in [0.29, 0.717) is 0 Å². The van der Waals surface area contributed by atoms with Crippen molar-refractivity contribution in [3.63, 3.8) is 0 Å². The topological polar surface area (TPSA) is 32.9 Å². The standard InChI is InChI=1S/C6H3Cl2F2NO/c7-3-1-2(5(9)10)4(8)6(12)11-3/h1,5H,(H,11,12). The Balaban J connectivity index is 3.38. The van der Waals surface area contributed by atoms with Crippen molar-refractivity contribution in [1.82, 2.24) is 4.98 Å². The lowest BCUT2D eigenvalue weighted by atomic mass is 10.3. The summed E-state index contributed by atoms with van der Waals surface area (Å²) in [6, 6.07) is 0.927. The number of aromatic amines is 1. The van der Waals surface area contributed by atoms with Crippen molar-refractivity contribution in [2.75, 3.05) is 0 Å². The number of hydrogen-bond donors (Lipinski definition) is 1. The average molecular weight is 214 g/mol. The molecule has 1 rings (SSSR count). The van der Waals surface area contributed by atoms with Crippen LogP contribution in [0, 0.1) is 0 Å². The highest BCUT2D eigenvalue weighted by Crippen LogP contribution is 2.25. The Morgan fingerprint density at radius 3 is 2.50 bits per heavy atom. The SMILES string of the molecule is O=c1[nH]c(Cl)cc(C(F)F)c1Cl. The van der Waals surface area contributed by atoms with Crippen molar-refractivity contribution < 1.29 is 8.78 Å². The predicted octanol–water partition coefficient (Wildman–Crippen LogP) is 2.62. The van der Waals surface area contributed by atoms with Crippen molar-refractivity contribution in [2.45, 2.75) is 6.43 Å². The Labute approximate surface area is 76.1 Å². The molecule has 1 aromatic heterocycles. The van der Waals surface area contributed by atoms with Gasteiger partial charge in [0.25, 0.3) is 12.0 Å². The molecule has 0 unspecified atom stereocenters. The van der Waals surface area contributed by atoms with E-state index in [1.807, 2.05) is 0 Å². The van der Waals surface area contributed by atoms with Crippen molar-refractivity contribution in [3.8, 4) is 0 Å². The number of nitrogens with one attached hydrogen (secondary N) is 1. The van der Waals surface area contributed by atoms with E-state index in [2.05, 4.69) is 4.98 Å². The van der Waals surface area contributed by atoms with E-state index in [0.717, 1.165) is 6.07 Å². The summed E-state index contributed by atoms with van der Waals surface area (Å²) >= 11 is 10.6. The first-order valence-electron chi connectivity index (χ1n) is 2.88. The van der Waals surface area contributed by atoms with Gasteiger partial charge in [-0.3, -0.25) is 4.79 Å². The van der Waals surface area contributed by atoms with Gasteiger partial charge in [-0.05, 0) is 6.07 Å². The highest BCUT2D eigenvalue weighted by atomic mass is 35.5. The molecule has 6 heteroatoms. The van der Waals surface area contributed by atoms with E-state index in [-0.39, 0.29) is 5.15 Å². The molecule has 0 saturated carbocycles. The normalized spacial score (nSPS) is 10.8. The molecule has 1 heterocycles. The molecule has 2 nitrogen and oxygen atoms in total. The second-order valence-electron chi connectivity index (χ2n) is 2.02. The molecule has 0 aliphatic rings. The van der Waals surface area contributed by atoms with Crippen molar-refractivity contribution in [1.29, 1.82) is 0 Å². The maximum absolute atomic E-state index is 12.1. The highest BCUT2D eigenvalue weighted by Gasteiger charge is 2.15. The van der Waals surface area contributed by atoms with Gasteiger partial charge in [0.2, 0.25) is 0 Å². The Bertz CT molecular complexity index is 350. The van der Waals surface area contributed by atoms with Crippen molar-refractivity contribution in [2.24, 2.45) is 0 Å². The molecule has 0 amide bonds. The van der Waals surface area contributed by atoms with E-state index < -0.39 is 22.6 Å². The number of aromatic nitrogens is 1. The molecule has 1 aromatic rings. The van der Waals surface area contributed by atoms with Crippen LogP contribution in [-0.4, -0.2) is 4.98 Å². The predicted molar refractivity (Wildman–Crippen MR) is 42.0 cm³/mol. The Morgan fingerprint density at radius 2 is 2.00 bits per heavy atom. The number of halogens is 4. The van der Waals surface area contributed by atoms with Crippen LogP contribution in [0.1, 0.15) is 12.0 Å². The lowest BCUT2D eigenvalue weighted by molar-refractivity contribution is 0.151. The molecule has 0 atom stereocenters. The fraction of sp³-hybridized carbons (Fsp3) is 0.167. The van der Waals surface area contributed by atoms with Gasteiger partial charge in [0.1, 0.15) is 10.2 Å². The zero-order chi connectivity index (χ0) is 9.30. The van der Waals surface area contributed by atoms with Crippen LogP contribution in [0.25, 0.3) is 0 Å². The number of hydrogen-bond acceptors (Lipinski definition) is 1. The number of rotatable bonds is 1. The first-order valence-corrected chi connectivity index (χ1v) is 3.64. The van der Waals surface area contributed by atoms with Crippen LogP contribution in [0.3, 0.4) is 0 Å². The smallest absolute Gasteiger partial charge is 0.268 e. The fourth-order valence-corrected chi connectivity index (χ4v) is 1.08. The van der Waals surface area contributed by atoms with Gasteiger partial charge >= 0.3 is 0 Å². The van der Waals surface area contributed by atoms with Gasteiger partial charge in [0.05, 0.1) is 0 Å². The van der Waals surface area contributed by atoms with E-state index in [4.69, 9.17) is 23.2 Å². The average Bonchev–Trinajstić information content (AvgIpc) is 1.96. The van der Waals surface area contributed by atoms with Crippen molar-refractivity contribution >= 4 is 23.2 Å². The lowest BCUT2D eigenvalue weighted by Crippen LogP contribution is -2.09. The van der Waals surface area contributed by atoms with Crippen LogP contribution in [0.4, 0.5) is 8.78 Å². The number of pyridine rings is 1. The first kappa shape index (κ1) is 9.48. The summed E-state index contributed by atoms with van der Waals surface area (Å²) in [6.07, 6.45) is -2.79. The van der Waals surface area contributed by atoms with E-state index in [9.17, 15) is 13.6 Å². The lowest BCUT2D eigenvalue weighted by Gasteiger charge is -2.01. The molecule has 0 saturated heterocycles. The third-order valence-electron chi connectivity index (χ3n) is 1.20. The largest absolute Gasteiger partial charge is 0.312 e. The summed E-state index contributed by atoms with van der Waals surface area (Å²) in [5.41, 5.74) is -1.36. The quantitative estimate of drug-likeness (QED) is 0.716. The van der Waals surface area contributed by atoms with Crippen LogP contribution in [0.2, 0.25) is 10.2 Å². The van der Waals surface area contributed by atoms with Gasteiger partial charge in [-0.1, -0.05) is 23.2 Å². The maximum atomic E-state index is 12.1.